The molecular weight excluding hydrogens is 520 g/mol. The summed E-state index contributed by atoms with van der Waals surface area (Å²) in [5, 5.41) is 83.2. The number of hydrogen-bond acceptors (Lipinski definition) is 15. The van der Waals surface area contributed by atoms with Crippen molar-refractivity contribution >= 4 is 11.9 Å². The number of carboxylic acid groups (broad SMARTS) is 1. The van der Waals surface area contributed by atoms with Crippen molar-refractivity contribution in [1.82, 2.24) is 5.32 Å². The molecule has 2 rings (SSSR count). The van der Waals surface area contributed by atoms with Crippen molar-refractivity contribution in [1.29, 1.82) is 0 Å². The average molecular weight is 559 g/mol. The lowest BCUT2D eigenvalue weighted by molar-refractivity contribution is -0.339. The van der Waals surface area contributed by atoms with Crippen LogP contribution in [0.3, 0.4) is 0 Å². The van der Waals surface area contributed by atoms with E-state index in [4.69, 9.17) is 29.4 Å². The second kappa shape index (κ2) is 14.7. The van der Waals surface area contributed by atoms with Crippen LogP contribution in [0.4, 0.5) is 0 Å². The summed E-state index contributed by atoms with van der Waals surface area (Å²) in [4.78, 5) is 23.8. The standard InChI is InChI=1S/C21H38N2O15/c1-9(25)23-13-10(26)6-21(20(32)33,38-18(13)14(28)11(27)7-24)36-8-12-15(29)16(30)17(31)19(37-12)35-5-4-34-3-2-22/h10-19,24,26-31H,2-8,22H2,1H3,(H,23,25)(H,32,33)/t10-,11+,12+,13+,14-,15+,16-,17-,18+,19+,21+/m0/s1. The molecule has 2 aliphatic rings. The van der Waals surface area contributed by atoms with Crippen LogP contribution in [-0.4, -0.2) is 159 Å². The number of nitrogens with one attached hydrogen (secondary N) is 1. The number of rotatable bonds is 14. The highest BCUT2D eigenvalue weighted by molar-refractivity contribution is 5.76. The van der Waals surface area contributed by atoms with Gasteiger partial charge in [0.2, 0.25) is 5.91 Å². The van der Waals surface area contributed by atoms with Gasteiger partial charge in [0, 0.05) is 19.9 Å². The van der Waals surface area contributed by atoms with Crippen molar-refractivity contribution in [3.63, 3.8) is 0 Å². The Kier molecular flexibility index (Phi) is 12.6. The second-order valence-corrected chi connectivity index (χ2v) is 8.98. The van der Waals surface area contributed by atoms with Crippen LogP contribution < -0.4 is 11.1 Å². The number of hydrogen-bond donors (Lipinski definition) is 10. The summed E-state index contributed by atoms with van der Waals surface area (Å²) in [6.07, 6.45) is -16.2. The lowest BCUT2D eigenvalue weighted by Crippen LogP contribution is -2.68. The van der Waals surface area contributed by atoms with E-state index in [-0.39, 0.29) is 26.4 Å². The molecule has 1 amide bonds. The Balaban J connectivity index is 2.19. The van der Waals surface area contributed by atoms with Gasteiger partial charge in [0.15, 0.2) is 6.29 Å². The van der Waals surface area contributed by atoms with Gasteiger partial charge in [0.05, 0.1) is 45.2 Å². The number of amides is 1. The molecule has 11 atom stereocenters. The first-order valence-corrected chi connectivity index (χ1v) is 11.9. The molecule has 38 heavy (non-hydrogen) atoms. The van der Waals surface area contributed by atoms with Gasteiger partial charge in [-0.1, -0.05) is 0 Å². The van der Waals surface area contributed by atoms with E-state index in [1.807, 2.05) is 0 Å². The Hall–Kier alpha value is -1.58. The summed E-state index contributed by atoms with van der Waals surface area (Å²) in [6.45, 7) is -0.0995. The topological polar surface area (TPSA) is 280 Å². The summed E-state index contributed by atoms with van der Waals surface area (Å²) in [5.74, 6) is -5.13. The Labute approximate surface area is 217 Å². The molecule has 0 aromatic heterocycles. The van der Waals surface area contributed by atoms with Crippen molar-refractivity contribution in [2.45, 2.75) is 80.3 Å². The van der Waals surface area contributed by atoms with E-state index in [1.165, 1.54) is 0 Å². The van der Waals surface area contributed by atoms with E-state index in [0.29, 0.717) is 0 Å². The number of nitrogens with two attached hydrogens (primary N) is 1. The highest BCUT2D eigenvalue weighted by Crippen LogP contribution is 2.34. The number of carbonyl (C=O) groups excluding carboxylic acids is 1. The van der Waals surface area contributed by atoms with E-state index in [2.05, 4.69) is 5.32 Å². The van der Waals surface area contributed by atoms with Gasteiger partial charge in [-0.25, -0.2) is 4.79 Å². The maximum atomic E-state index is 12.2. The van der Waals surface area contributed by atoms with E-state index in [1.54, 1.807) is 0 Å². The first-order valence-electron chi connectivity index (χ1n) is 11.9. The zero-order chi connectivity index (χ0) is 28.6. The van der Waals surface area contributed by atoms with Crippen LogP contribution in [0.15, 0.2) is 0 Å². The maximum absolute atomic E-state index is 12.2. The third-order valence-corrected chi connectivity index (χ3v) is 6.11. The molecule has 11 N–H and O–H groups in total. The molecule has 0 bridgehead atoms. The smallest absolute Gasteiger partial charge is 0.364 e. The van der Waals surface area contributed by atoms with E-state index >= 15 is 0 Å². The Morgan fingerprint density at radius 1 is 1.11 bits per heavy atom. The van der Waals surface area contributed by atoms with Crippen LogP contribution in [0.2, 0.25) is 0 Å². The normalized spacial score (nSPS) is 37.4. The first-order chi connectivity index (χ1) is 17.9. The quantitative estimate of drug-likeness (QED) is 0.0888. The minimum atomic E-state index is -2.69. The molecule has 0 aromatic rings. The van der Waals surface area contributed by atoms with Crippen LogP contribution in [-0.2, 0) is 33.3 Å². The molecule has 222 valence electrons. The lowest BCUT2D eigenvalue weighted by Gasteiger charge is -2.47. The minimum absolute atomic E-state index is 0.0796. The van der Waals surface area contributed by atoms with Crippen LogP contribution in [0.1, 0.15) is 13.3 Å². The summed E-state index contributed by atoms with van der Waals surface area (Å²) >= 11 is 0. The molecular formula is C21H38N2O15. The molecule has 2 heterocycles. The Morgan fingerprint density at radius 2 is 1.79 bits per heavy atom. The van der Waals surface area contributed by atoms with Gasteiger partial charge in [-0.2, -0.15) is 0 Å². The summed E-state index contributed by atoms with van der Waals surface area (Å²) in [5.41, 5.74) is 5.31. The van der Waals surface area contributed by atoms with E-state index < -0.39 is 98.5 Å². The van der Waals surface area contributed by atoms with Gasteiger partial charge in [-0.15, -0.1) is 0 Å². The predicted molar refractivity (Wildman–Crippen MR) is 121 cm³/mol. The largest absolute Gasteiger partial charge is 0.477 e. The fourth-order valence-electron chi connectivity index (χ4n) is 4.09. The molecule has 0 aromatic carbocycles. The molecule has 17 nitrogen and oxygen atoms in total. The first kappa shape index (κ1) is 32.6. The summed E-state index contributed by atoms with van der Waals surface area (Å²) in [7, 11) is 0. The van der Waals surface area contributed by atoms with Crippen molar-refractivity contribution in [3.8, 4) is 0 Å². The van der Waals surface area contributed by atoms with Gasteiger partial charge in [-0.3, -0.25) is 4.79 Å². The molecule has 17 heteroatoms. The van der Waals surface area contributed by atoms with Crippen LogP contribution in [0.5, 0.6) is 0 Å². The predicted octanol–water partition coefficient (Wildman–Crippen LogP) is -6.05. The number of carboxylic acids is 1. The number of aliphatic hydroxyl groups is 7. The monoisotopic (exact) mass is 558 g/mol. The van der Waals surface area contributed by atoms with Gasteiger partial charge in [-0.05, 0) is 0 Å². The zero-order valence-corrected chi connectivity index (χ0v) is 20.7. The SMILES string of the molecule is CC(=O)N[C@H]1[C@H]([C@@H](O)[C@H](O)CO)O[C@@](OC[C@H]2O[C@@H](OCCOCCN)[C@@H](O)[C@@H](O)[C@@H]2O)(C(=O)O)C[C@@H]1O. The number of aliphatic carboxylic acids is 1. The lowest BCUT2D eigenvalue weighted by atomic mass is 9.88. The molecule has 0 aliphatic carbocycles. The van der Waals surface area contributed by atoms with Gasteiger partial charge in [0.25, 0.3) is 5.79 Å². The summed E-state index contributed by atoms with van der Waals surface area (Å²) in [6, 6.07) is -1.40. The molecule has 0 saturated carbocycles. The van der Waals surface area contributed by atoms with Crippen LogP contribution in [0.25, 0.3) is 0 Å². The minimum Gasteiger partial charge on any atom is -0.477 e. The highest BCUT2D eigenvalue weighted by atomic mass is 16.7. The molecule has 0 radical (unpaired) electrons. The van der Waals surface area contributed by atoms with Gasteiger partial charge >= 0.3 is 5.97 Å². The fraction of sp³-hybridized carbons (Fsp3) is 0.905. The van der Waals surface area contributed by atoms with Gasteiger partial charge < -0.3 is 75.6 Å². The molecule has 2 aliphatic heterocycles. The van der Waals surface area contributed by atoms with Crippen molar-refractivity contribution in [2.24, 2.45) is 5.73 Å². The molecule has 2 fully saturated rings. The molecule has 2 saturated heterocycles. The Morgan fingerprint density at radius 3 is 2.37 bits per heavy atom. The third kappa shape index (κ3) is 7.98. The zero-order valence-electron chi connectivity index (χ0n) is 20.7. The highest BCUT2D eigenvalue weighted by Gasteiger charge is 2.56. The maximum Gasteiger partial charge on any atom is 0.364 e. The van der Waals surface area contributed by atoms with Crippen LogP contribution >= 0.6 is 0 Å². The molecule has 0 spiro atoms. The summed E-state index contributed by atoms with van der Waals surface area (Å²) < 4.78 is 26.8. The second-order valence-electron chi connectivity index (χ2n) is 8.98. The Bertz CT molecular complexity index is 762. The average Bonchev–Trinajstić information content (AvgIpc) is 2.87. The third-order valence-electron chi connectivity index (χ3n) is 6.11. The number of ether oxygens (including phenoxy) is 5. The van der Waals surface area contributed by atoms with Crippen LogP contribution in [0, 0.1) is 0 Å². The fourth-order valence-corrected chi connectivity index (χ4v) is 4.09. The van der Waals surface area contributed by atoms with Crippen molar-refractivity contribution in [2.75, 3.05) is 39.6 Å². The number of aliphatic hydroxyl groups excluding tert-OH is 7. The molecule has 0 unspecified atom stereocenters. The van der Waals surface area contributed by atoms with Crippen molar-refractivity contribution < 1.29 is 74.1 Å². The van der Waals surface area contributed by atoms with E-state index in [0.717, 1.165) is 6.92 Å². The van der Waals surface area contributed by atoms with Gasteiger partial charge in [0.1, 0.15) is 42.7 Å². The van der Waals surface area contributed by atoms with E-state index in [9.17, 15) is 50.4 Å². The van der Waals surface area contributed by atoms with Crippen molar-refractivity contribution in [3.05, 3.63) is 0 Å². The number of carbonyl (C=O) groups is 2.